The Kier molecular flexibility index (Phi) is 5.72. The molecule has 0 aliphatic carbocycles. The van der Waals surface area contributed by atoms with E-state index in [0.29, 0.717) is 5.13 Å². The van der Waals surface area contributed by atoms with Crippen molar-refractivity contribution < 1.29 is 4.79 Å². The predicted molar refractivity (Wildman–Crippen MR) is 122 cm³/mol. The molecular formula is C25H23N3OS. The smallest absolute Gasteiger partial charge is 0.232 e. The molecule has 0 aliphatic heterocycles. The second-order valence-corrected chi connectivity index (χ2v) is 8.61. The number of pyridine rings is 1. The van der Waals surface area contributed by atoms with Gasteiger partial charge in [-0.3, -0.25) is 9.78 Å². The minimum absolute atomic E-state index is 0.0514. The molecule has 5 heteroatoms. The van der Waals surface area contributed by atoms with Crippen LogP contribution < -0.4 is 5.32 Å². The van der Waals surface area contributed by atoms with Crippen molar-refractivity contribution in [2.75, 3.05) is 5.32 Å². The van der Waals surface area contributed by atoms with Crippen molar-refractivity contribution in [1.82, 2.24) is 9.97 Å². The monoisotopic (exact) mass is 413 g/mol. The third kappa shape index (κ3) is 4.16. The number of hydrogen-bond donors (Lipinski definition) is 1. The first-order chi connectivity index (χ1) is 14.6. The number of aromatic nitrogens is 2. The van der Waals surface area contributed by atoms with Crippen molar-refractivity contribution in [2.45, 2.75) is 19.8 Å². The lowest BCUT2D eigenvalue weighted by Gasteiger charge is -2.34. The summed E-state index contributed by atoms with van der Waals surface area (Å²) in [6.07, 6.45) is 5.28. The van der Waals surface area contributed by atoms with Gasteiger partial charge in [-0.25, -0.2) is 4.98 Å². The average molecular weight is 414 g/mol. The Morgan fingerprint density at radius 3 is 2.13 bits per heavy atom. The molecule has 150 valence electrons. The van der Waals surface area contributed by atoms with E-state index in [4.69, 9.17) is 0 Å². The molecule has 0 saturated heterocycles. The van der Waals surface area contributed by atoms with Crippen LogP contribution in [-0.2, 0) is 4.79 Å². The first kappa shape index (κ1) is 20.0. The van der Waals surface area contributed by atoms with Gasteiger partial charge in [0.15, 0.2) is 5.13 Å². The quantitative estimate of drug-likeness (QED) is 0.422. The van der Waals surface area contributed by atoms with Crippen molar-refractivity contribution >= 4 is 22.4 Å². The highest BCUT2D eigenvalue weighted by molar-refractivity contribution is 7.13. The van der Waals surface area contributed by atoms with E-state index in [9.17, 15) is 4.79 Å². The van der Waals surface area contributed by atoms with Crippen LogP contribution in [0.2, 0.25) is 0 Å². The Balaban J connectivity index is 1.71. The van der Waals surface area contributed by atoms with Crippen LogP contribution in [0.15, 0.2) is 90.7 Å². The second-order valence-electron chi connectivity index (χ2n) is 7.71. The number of carbonyl (C=O) groups excluding carboxylic acids is 1. The molecule has 1 atom stereocenters. The lowest BCUT2D eigenvalue weighted by molar-refractivity contribution is -0.124. The highest BCUT2D eigenvalue weighted by Crippen LogP contribution is 2.42. The zero-order valence-corrected chi connectivity index (χ0v) is 17.8. The van der Waals surface area contributed by atoms with E-state index in [1.165, 1.54) is 11.3 Å². The number of amides is 1. The Labute approximate surface area is 180 Å². The van der Waals surface area contributed by atoms with Gasteiger partial charge >= 0.3 is 0 Å². The van der Waals surface area contributed by atoms with Gasteiger partial charge in [0.1, 0.15) is 0 Å². The third-order valence-corrected chi connectivity index (χ3v) is 6.04. The van der Waals surface area contributed by atoms with Gasteiger partial charge in [-0.05, 0) is 34.4 Å². The highest BCUT2D eigenvalue weighted by Gasteiger charge is 2.39. The molecule has 1 amide bonds. The fourth-order valence-corrected chi connectivity index (χ4v) is 4.28. The zero-order chi connectivity index (χ0) is 21.0. The lowest BCUT2D eigenvalue weighted by Crippen LogP contribution is -2.37. The molecule has 1 unspecified atom stereocenters. The number of benzene rings is 2. The fraction of sp³-hybridized carbons (Fsp3) is 0.160. The van der Waals surface area contributed by atoms with Gasteiger partial charge in [-0.1, -0.05) is 68.4 Å². The van der Waals surface area contributed by atoms with Crippen molar-refractivity contribution in [3.63, 3.8) is 0 Å². The molecule has 0 bridgehead atoms. The van der Waals surface area contributed by atoms with Crippen molar-refractivity contribution in [2.24, 2.45) is 5.41 Å². The van der Waals surface area contributed by atoms with E-state index in [1.807, 2.05) is 49.6 Å². The van der Waals surface area contributed by atoms with E-state index >= 15 is 0 Å². The summed E-state index contributed by atoms with van der Waals surface area (Å²) < 4.78 is 0. The molecular weight excluding hydrogens is 390 g/mol. The number of carbonyl (C=O) groups is 1. The molecule has 4 rings (SSSR count). The molecule has 0 fully saturated rings. The highest BCUT2D eigenvalue weighted by atomic mass is 32.1. The molecule has 4 aromatic rings. The first-order valence-electron chi connectivity index (χ1n) is 9.82. The van der Waals surface area contributed by atoms with Crippen LogP contribution in [-0.4, -0.2) is 15.9 Å². The standard InChI is InChI=1S/C25H23N3OS/c1-25(2,23(29)28-24-27-16-17-30-24)22(20-6-4-3-5-7-20)21-10-8-18(9-11-21)19-12-14-26-15-13-19/h3-17,22H,1-2H3,(H,27,28,29). The maximum Gasteiger partial charge on any atom is 0.232 e. The van der Waals surface area contributed by atoms with E-state index in [0.717, 1.165) is 22.3 Å². The minimum atomic E-state index is -0.689. The van der Waals surface area contributed by atoms with Crippen molar-refractivity contribution in [1.29, 1.82) is 0 Å². The summed E-state index contributed by atoms with van der Waals surface area (Å²) in [6, 6.07) is 22.6. The molecule has 2 aromatic heterocycles. The van der Waals surface area contributed by atoms with Crippen LogP contribution in [0.4, 0.5) is 5.13 Å². The third-order valence-electron chi connectivity index (χ3n) is 5.35. The van der Waals surface area contributed by atoms with Crippen molar-refractivity contribution in [3.05, 3.63) is 102 Å². The number of thiazole rings is 1. The molecule has 1 N–H and O–H groups in total. The van der Waals surface area contributed by atoms with Gasteiger partial charge in [-0.2, -0.15) is 0 Å². The summed E-state index contributed by atoms with van der Waals surface area (Å²) in [5.41, 5.74) is 3.75. The van der Waals surface area contributed by atoms with Gasteiger partial charge in [-0.15, -0.1) is 11.3 Å². The predicted octanol–water partition coefficient (Wildman–Crippen LogP) is 6.00. The van der Waals surface area contributed by atoms with E-state index in [-0.39, 0.29) is 11.8 Å². The first-order valence-corrected chi connectivity index (χ1v) is 10.7. The second kappa shape index (κ2) is 8.59. The SMILES string of the molecule is CC(C)(C(=O)Nc1nccs1)C(c1ccccc1)c1ccc(-c2ccncc2)cc1. The number of nitrogens with zero attached hydrogens (tertiary/aromatic N) is 2. The van der Waals surface area contributed by atoms with Crippen LogP contribution in [0.1, 0.15) is 30.9 Å². The summed E-state index contributed by atoms with van der Waals surface area (Å²) in [5, 5.41) is 5.46. The maximum atomic E-state index is 13.3. The number of nitrogens with one attached hydrogen (secondary N) is 1. The lowest BCUT2D eigenvalue weighted by atomic mass is 9.70. The molecule has 0 saturated carbocycles. The summed E-state index contributed by atoms with van der Waals surface area (Å²) in [7, 11) is 0. The minimum Gasteiger partial charge on any atom is -0.301 e. The van der Waals surface area contributed by atoms with Crippen molar-refractivity contribution in [3.8, 4) is 11.1 Å². The average Bonchev–Trinajstić information content (AvgIpc) is 3.29. The summed E-state index contributed by atoms with van der Waals surface area (Å²) in [4.78, 5) is 21.5. The summed E-state index contributed by atoms with van der Waals surface area (Å²) in [5.74, 6) is -0.158. The van der Waals surface area contributed by atoms with E-state index < -0.39 is 5.41 Å². The van der Waals surface area contributed by atoms with Crippen LogP contribution in [0.3, 0.4) is 0 Å². The summed E-state index contributed by atoms with van der Waals surface area (Å²) in [6.45, 7) is 3.98. The topological polar surface area (TPSA) is 54.9 Å². The fourth-order valence-electron chi connectivity index (χ4n) is 3.76. The largest absolute Gasteiger partial charge is 0.301 e. The van der Waals surface area contributed by atoms with Gasteiger partial charge in [0, 0.05) is 29.9 Å². The van der Waals surface area contributed by atoms with Crippen LogP contribution in [0.25, 0.3) is 11.1 Å². The zero-order valence-electron chi connectivity index (χ0n) is 16.9. The van der Waals surface area contributed by atoms with Crippen LogP contribution in [0.5, 0.6) is 0 Å². The molecule has 2 heterocycles. The molecule has 0 spiro atoms. The van der Waals surface area contributed by atoms with Crippen LogP contribution >= 0.6 is 11.3 Å². The Morgan fingerprint density at radius 2 is 1.50 bits per heavy atom. The summed E-state index contributed by atoms with van der Waals surface area (Å²) >= 11 is 1.42. The normalized spacial score (nSPS) is 12.3. The molecule has 0 radical (unpaired) electrons. The van der Waals surface area contributed by atoms with Crippen LogP contribution in [0, 0.1) is 5.41 Å². The molecule has 4 nitrogen and oxygen atoms in total. The number of hydrogen-bond acceptors (Lipinski definition) is 4. The van der Waals surface area contributed by atoms with E-state index in [2.05, 4.69) is 51.7 Å². The molecule has 2 aromatic carbocycles. The van der Waals surface area contributed by atoms with E-state index in [1.54, 1.807) is 18.6 Å². The number of anilines is 1. The Bertz CT molecular complexity index is 1090. The Hall–Kier alpha value is -3.31. The molecule has 0 aliphatic rings. The Morgan fingerprint density at radius 1 is 0.867 bits per heavy atom. The molecule has 30 heavy (non-hydrogen) atoms. The number of rotatable bonds is 6. The van der Waals surface area contributed by atoms with Gasteiger partial charge in [0.25, 0.3) is 0 Å². The van der Waals surface area contributed by atoms with Gasteiger partial charge in [0.05, 0.1) is 5.41 Å². The van der Waals surface area contributed by atoms with Gasteiger partial charge in [0.2, 0.25) is 5.91 Å². The maximum absolute atomic E-state index is 13.3. The van der Waals surface area contributed by atoms with Gasteiger partial charge < -0.3 is 5.32 Å².